The second kappa shape index (κ2) is 9.80. The van der Waals surface area contributed by atoms with Crippen LogP contribution in [-0.4, -0.2) is 67.5 Å². The number of halogens is 4. The molecule has 0 amide bonds. The molecule has 0 radical (unpaired) electrons. The maximum Gasteiger partial charge on any atom is 0.446 e. The predicted octanol–water partition coefficient (Wildman–Crippen LogP) is 3.53. The van der Waals surface area contributed by atoms with Crippen molar-refractivity contribution in [2.45, 2.75) is 41.0 Å². The minimum atomic E-state index is -4.50. The fraction of sp³-hybridized carbons (Fsp3) is 0.273. The smallest absolute Gasteiger partial charge is 0.446 e. The predicted molar refractivity (Wildman–Crippen MR) is 122 cm³/mol. The molecule has 1 fully saturated rings. The number of thioether (sulfide) groups is 1. The Labute approximate surface area is 205 Å². The van der Waals surface area contributed by atoms with E-state index in [1.165, 1.54) is 35.2 Å². The van der Waals surface area contributed by atoms with Crippen LogP contribution in [0.2, 0.25) is 5.02 Å². The number of alkyl halides is 3. The van der Waals surface area contributed by atoms with Crippen molar-refractivity contribution in [2.24, 2.45) is 0 Å². The van der Waals surface area contributed by atoms with Crippen molar-refractivity contribution in [1.29, 1.82) is 0 Å². The second-order valence-electron chi connectivity index (χ2n) is 7.65. The molecule has 0 unspecified atom stereocenters. The number of aliphatic hydroxyl groups is 3. The summed E-state index contributed by atoms with van der Waals surface area (Å²) in [4.78, 5) is 17.2. The summed E-state index contributed by atoms with van der Waals surface area (Å²) in [6, 6.07) is 13.2. The lowest BCUT2D eigenvalue weighted by molar-refractivity contribution is -0.225. The van der Waals surface area contributed by atoms with Gasteiger partial charge in [-0.2, -0.15) is 13.2 Å². The van der Waals surface area contributed by atoms with Crippen molar-refractivity contribution < 1.29 is 43.1 Å². The van der Waals surface area contributed by atoms with E-state index in [1.54, 1.807) is 24.3 Å². The Morgan fingerprint density at radius 1 is 1.00 bits per heavy atom. The third-order valence-corrected chi connectivity index (χ3v) is 6.38. The Morgan fingerprint density at radius 2 is 1.69 bits per heavy atom. The number of aromatic nitrogens is 1. The lowest BCUT2D eigenvalue weighted by Gasteiger charge is -2.44. The van der Waals surface area contributed by atoms with Gasteiger partial charge in [0.05, 0.1) is 10.5 Å². The molecule has 35 heavy (non-hydrogen) atoms. The van der Waals surface area contributed by atoms with Gasteiger partial charge in [0.15, 0.2) is 12.3 Å². The maximum absolute atomic E-state index is 12.8. The van der Waals surface area contributed by atoms with Crippen molar-refractivity contribution in [2.75, 3.05) is 4.90 Å². The minimum Gasteiger partial charge on any atom is -0.479 e. The number of hydrogen-bond donors (Lipinski definition) is 4. The van der Waals surface area contributed by atoms with Crippen molar-refractivity contribution in [1.82, 2.24) is 4.98 Å². The molecule has 4 N–H and O–H groups in total. The van der Waals surface area contributed by atoms with E-state index in [9.17, 15) is 38.4 Å². The molecule has 2 aromatic carbocycles. The molecule has 2 heterocycles. The van der Waals surface area contributed by atoms with E-state index in [0.29, 0.717) is 15.9 Å². The molecular formula is C22H18ClF3N2O6S. The SMILES string of the molecule is O=C(O)[C@H]1O[C@@H](N(c2ccc(SC(F)(F)F)cc2)c2ccc3cccc(Cl)c3n2)[C@H](O)[C@@H](O)[C@@H]1O. The van der Waals surface area contributed by atoms with Crippen LogP contribution in [0.3, 0.4) is 0 Å². The molecule has 0 bridgehead atoms. The van der Waals surface area contributed by atoms with Crippen LogP contribution in [0, 0.1) is 0 Å². The van der Waals surface area contributed by atoms with E-state index in [2.05, 4.69) is 4.98 Å². The molecule has 1 aliphatic rings. The fourth-order valence-electron chi connectivity index (χ4n) is 3.73. The van der Waals surface area contributed by atoms with Gasteiger partial charge < -0.3 is 25.2 Å². The lowest BCUT2D eigenvalue weighted by Crippen LogP contribution is -2.63. The molecule has 0 spiro atoms. The summed E-state index contributed by atoms with van der Waals surface area (Å²) in [5.74, 6) is -1.49. The number of para-hydroxylation sites is 1. The monoisotopic (exact) mass is 530 g/mol. The quantitative estimate of drug-likeness (QED) is 0.367. The first kappa shape index (κ1) is 25.5. The van der Waals surface area contributed by atoms with Crippen LogP contribution in [0.5, 0.6) is 0 Å². The average molecular weight is 531 g/mol. The molecule has 1 aromatic heterocycles. The zero-order valence-corrected chi connectivity index (χ0v) is 19.1. The number of aliphatic carboxylic acids is 1. The number of carboxylic acid groups (broad SMARTS) is 1. The number of carboxylic acids is 1. The number of carbonyl (C=O) groups is 1. The van der Waals surface area contributed by atoms with Gasteiger partial charge in [-0.25, -0.2) is 9.78 Å². The van der Waals surface area contributed by atoms with Gasteiger partial charge in [0.1, 0.15) is 24.1 Å². The van der Waals surface area contributed by atoms with Crippen LogP contribution in [-0.2, 0) is 9.53 Å². The van der Waals surface area contributed by atoms with Gasteiger partial charge in [-0.05, 0) is 54.2 Å². The molecular weight excluding hydrogens is 513 g/mol. The van der Waals surface area contributed by atoms with Gasteiger partial charge in [0, 0.05) is 16.0 Å². The molecule has 186 valence electrons. The second-order valence-corrected chi connectivity index (χ2v) is 9.20. The van der Waals surface area contributed by atoms with Crippen molar-refractivity contribution in [3.05, 3.63) is 59.6 Å². The van der Waals surface area contributed by atoms with Gasteiger partial charge >= 0.3 is 11.5 Å². The van der Waals surface area contributed by atoms with Crippen molar-refractivity contribution >= 4 is 51.7 Å². The zero-order chi connectivity index (χ0) is 25.5. The van der Waals surface area contributed by atoms with Crippen LogP contribution in [0.1, 0.15) is 0 Å². The number of aliphatic hydroxyl groups excluding tert-OH is 3. The molecule has 13 heteroatoms. The Morgan fingerprint density at radius 3 is 2.31 bits per heavy atom. The van der Waals surface area contributed by atoms with Gasteiger partial charge in [-0.15, -0.1) is 0 Å². The molecule has 8 nitrogen and oxygen atoms in total. The van der Waals surface area contributed by atoms with E-state index < -0.39 is 42.1 Å². The summed E-state index contributed by atoms with van der Waals surface area (Å²) in [7, 11) is 0. The van der Waals surface area contributed by atoms with Crippen LogP contribution in [0.25, 0.3) is 10.9 Å². The summed E-state index contributed by atoms with van der Waals surface area (Å²) in [6.45, 7) is 0. The third kappa shape index (κ3) is 5.32. The van der Waals surface area contributed by atoms with Crippen LogP contribution < -0.4 is 4.90 Å². The summed E-state index contributed by atoms with van der Waals surface area (Å²) >= 11 is 5.94. The number of rotatable bonds is 5. The van der Waals surface area contributed by atoms with E-state index in [-0.39, 0.29) is 28.2 Å². The number of fused-ring (bicyclic) bond motifs is 1. The topological polar surface area (TPSA) is 123 Å². The first-order valence-corrected chi connectivity index (χ1v) is 11.3. The normalized spacial score (nSPS) is 24.9. The number of anilines is 2. The molecule has 1 saturated heterocycles. The fourth-order valence-corrected chi connectivity index (χ4v) is 4.50. The Hall–Kier alpha value is -2.61. The molecule has 5 atom stereocenters. The van der Waals surface area contributed by atoms with Gasteiger partial charge in [-0.1, -0.05) is 23.7 Å². The number of pyridine rings is 1. The zero-order valence-electron chi connectivity index (χ0n) is 17.5. The van der Waals surface area contributed by atoms with E-state index in [4.69, 9.17) is 16.3 Å². The molecule has 0 saturated carbocycles. The third-order valence-electron chi connectivity index (χ3n) is 5.34. The van der Waals surface area contributed by atoms with Crippen molar-refractivity contribution in [3.8, 4) is 0 Å². The molecule has 3 aromatic rings. The number of nitrogens with zero attached hydrogens (tertiary/aromatic N) is 2. The maximum atomic E-state index is 12.8. The first-order chi connectivity index (χ1) is 16.5. The Kier molecular flexibility index (Phi) is 7.13. The van der Waals surface area contributed by atoms with Crippen molar-refractivity contribution in [3.63, 3.8) is 0 Å². The summed E-state index contributed by atoms with van der Waals surface area (Å²) in [6.07, 6.45) is -9.12. The molecule has 0 aliphatic carbocycles. The highest BCUT2D eigenvalue weighted by Crippen LogP contribution is 2.39. The summed E-state index contributed by atoms with van der Waals surface area (Å²) in [5.41, 5.74) is -3.97. The average Bonchev–Trinajstić information content (AvgIpc) is 2.79. The molecule has 4 rings (SSSR count). The lowest BCUT2D eigenvalue weighted by atomic mass is 9.97. The van der Waals surface area contributed by atoms with E-state index in [1.807, 2.05) is 0 Å². The summed E-state index contributed by atoms with van der Waals surface area (Å²) in [5, 5.41) is 41.5. The largest absolute Gasteiger partial charge is 0.479 e. The highest BCUT2D eigenvalue weighted by molar-refractivity contribution is 8.00. The highest BCUT2D eigenvalue weighted by Gasteiger charge is 2.49. The first-order valence-electron chi connectivity index (χ1n) is 10.1. The molecule has 1 aliphatic heterocycles. The van der Waals surface area contributed by atoms with E-state index >= 15 is 0 Å². The number of ether oxygens (including phenoxy) is 1. The van der Waals surface area contributed by atoms with Gasteiger partial charge in [0.2, 0.25) is 0 Å². The van der Waals surface area contributed by atoms with Crippen LogP contribution in [0.4, 0.5) is 24.7 Å². The van der Waals surface area contributed by atoms with Gasteiger partial charge in [0.25, 0.3) is 0 Å². The number of hydrogen-bond acceptors (Lipinski definition) is 8. The highest BCUT2D eigenvalue weighted by atomic mass is 35.5. The standard InChI is InChI=1S/C22H18ClF3N2O6S/c23-13-3-1-2-10-4-9-14(27-15(10)13)28(11-5-7-12(8-6-11)35-22(24,25)26)20-18(31)16(29)17(30)19(34-20)21(32)33/h1-9,16-20,29-31H,(H,32,33)/t16-,17-,18+,19-,20+/m0/s1. The van der Waals surface area contributed by atoms with E-state index in [0.717, 1.165) is 0 Å². The van der Waals surface area contributed by atoms with Crippen LogP contribution in [0.15, 0.2) is 59.5 Å². The Balaban J connectivity index is 1.82. The Bertz CT molecular complexity index is 1230. The van der Waals surface area contributed by atoms with Gasteiger partial charge in [-0.3, -0.25) is 4.90 Å². The number of benzene rings is 2. The summed E-state index contributed by atoms with van der Waals surface area (Å²) < 4.78 is 43.8. The minimum absolute atomic E-state index is 0.0959. The van der Waals surface area contributed by atoms with Crippen LogP contribution >= 0.6 is 23.4 Å².